The van der Waals surface area contributed by atoms with Crippen LogP contribution in [-0.4, -0.2) is 40.8 Å². The Morgan fingerprint density at radius 3 is 2.95 bits per heavy atom. The summed E-state index contributed by atoms with van der Waals surface area (Å²) < 4.78 is 11.2. The second-order valence-electron chi connectivity index (χ2n) is 5.84. The van der Waals surface area contributed by atoms with Crippen LogP contribution in [0.25, 0.3) is 0 Å². The Kier molecular flexibility index (Phi) is 5.19. The van der Waals surface area contributed by atoms with Crippen LogP contribution in [0.4, 0.5) is 0 Å². The lowest BCUT2D eigenvalue weighted by Gasteiger charge is -2.14. The van der Waals surface area contributed by atoms with Gasteiger partial charge in [0.15, 0.2) is 5.82 Å². The Balaban J connectivity index is 1.33. The monoisotopic (exact) mass is 301 g/mol. The van der Waals surface area contributed by atoms with Crippen molar-refractivity contribution in [2.75, 3.05) is 19.7 Å². The molecule has 1 aromatic carbocycles. The van der Waals surface area contributed by atoms with Gasteiger partial charge >= 0.3 is 0 Å². The third-order valence-corrected chi connectivity index (χ3v) is 3.96. The summed E-state index contributed by atoms with van der Waals surface area (Å²) in [7, 11) is 0. The number of rotatable bonds is 7. The van der Waals surface area contributed by atoms with Gasteiger partial charge < -0.3 is 9.26 Å². The lowest BCUT2D eigenvalue weighted by Crippen LogP contribution is -2.23. The molecule has 1 aliphatic heterocycles. The lowest BCUT2D eigenvalue weighted by molar-refractivity contribution is 0.0563. The zero-order valence-electron chi connectivity index (χ0n) is 13.1. The van der Waals surface area contributed by atoms with Crippen molar-refractivity contribution in [3.05, 3.63) is 47.6 Å². The molecule has 0 radical (unpaired) electrons. The summed E-state index contributed by atoms with van der Waals surface area (Å²) >= 11 is 0. The van der Waals surface area contributed by atoms with Crippen molar-refractivity contribution in [3.8, 4) is 0 Å². The van der Waals surface area contributed by atoms with E-state index < -0.39 is 0 Å². The van der Waals surface area contributed by atoms with Gasteiger partial charge in [-0.05, 0) is 31.7 Å². The molecule has 1 fully saturated rings. The van der Waals surface area contributed by atoms with Crippen molar-refractivity contribution >= 4 is 0 Å². The van der Waals surface area contributed by atoms with Gasteiger partial charge in [-0.15, -0.1) is 0 Å². The molecular formula is C17H23N3O2. The number of aryl methyl sites for hydroxylation is 2. The van der Waals surface area contributed by atoms with Crippen LogP contribution >= 0.6 is 0 Å². The first kappa shape index (κ1) is 15.2. The van der Waals surface area contributed by atoms with E-state index in [0.29, 0.717) is 17.8 Å². The van der Waals surface area contributed by atoms with Gasteiger partial charge in [0.25, 0.3) is 0 Å². The first-order chi connectivity index (χ1) is 10.8. The zero-order valence-corrected chi connectivity index (χ0v) is 13.1. The van der Waals surface area contributed by atoms with Crippen molar-refractivity contribution in [3.63, 3.8) is 0 Å². The smallest absolute Gasteiger partial charge is 0.240 e. The van der Waals surface area contributed by atoms with E-state index in [0.717, 1.165) is 45.5 Å². The number of nitrogens with zero attached hydrogens (tertiary/aromatic N) is 3. The maximum atomic E-state index is 5.99. The summed E-state index contributed by atoms with van der Waals surface area (Å²) in [4.78, 5) is 6.56. The van der Waals surface area contributed by atoms with Crippen molar-refractivity contribution in [2.24, 2.45) is 0 Å². The number of aromatic nitrogens is 2. The van der Waals surface area contributed by atoms with Crippen molar-refractivity contribution in [2.45, 2.75) is 38.8 Å². The number of hydrogen-bond donors (Lipinski definition) is 0. The molecule has 0 amide bonds. The number of hydrogen-bond acceptors (Lipinski definition) is 5. The molecule has 0 saturated carbocycles. The summed E-state index contributed by atoms with van der Waals surface area (Å²) in [6, 6.07) is 10.6. The second-order valence-corrected chi connectivity index (χ2v) is 5.84. The molecule has 22 heavy (non-hydrogen) atoms. The molecule has 0 unspecified atom stereocenters. The number of benzene rings is 1. The fraction of sp³-hybridized carbons (Fsp3) is 0.529. The molecule has 3 rings (SSSR count). The molecule has 5 nitrogen and oxygen atoms in total. The molecule has 1 aliphatic rings. The van der Waals surface area contributed by atoms with Gasteiger partial charge in [0.1, 0.15) is 0 Å². The van der Waals surface area contributed by atoms with E-state index >= 15 is 0 Å². The SMILES string of the molecule is Cc1noc(CN2CC[C@@H](OCCCc3ccccc3)C2)n1. The Morgan fingerprint density at radius 1 is 1.32 bits per heavy atom. The highest BCUT2D eigenvalue weighted by Crippen LogP contribution is 2.16. The molecule has 118 valence electrons. The zero-order chi connectivity index (χ0) is 15.2. The Labute approximate surface area is 131 Å². The molecule has 0 aliphatic carbocycles. The van der Waals surface area contributed by atoms with Crippen molar-refractivity contribution in [1.29, 1.82) is 0 Å². The van der Waals surface area contributed by atoms with Gasteiger partial charge in [-0.25, -0.2) is 0 Å². The second kappa shape index (κ2) is 7.51. The summed E-state index contributed by atoms with van der Waals surface area (Å²) in [5.41, 5.74) is 1.38. The highest BCUT2D eigenvalue weighted by atomic mass is 16.5. The lowest BCUT2D eigenvalue weighted by atomic mass is 10.1. The Morgan fingerprint density at radius 2 is 2.18 bits per heavy atom. The molecule has 1 atom stereocenters. The van der Waals surface area contributed by atoms with Gasteiger partial charge in [0.2, 0.25) is 5.89 Å². The largest absolute Gasteiger partial charge is 0.377 e. The van der Waals surface area contributed by atoms with Crippen LogP contribution in [0.5, 0.6) is 0 Å². The van der Waals surface area contributed by atoms with Crippen LogP contribution in [0.15, 0.2) is 34.9 Å². The summed E-state index contributed by atoms with van der Waals surface area (Å²) in [6.07, 6.45) is 3.57. The van der Waals surface area contributed by atoms with Crippen LogP contribution < -0.4 is 0 Å². The molecule has 5 heteroatoms. The standard InChI is InChI=1S/C17H23N3O2/c1-14-18-17(22-19-14)13-20-10-9-16(12-20)21-11-5-8-15-6-3-2-4-7-15/h2-4,6-7,16H,5,8-13H2,1H3/t16-/m1/s1. The van der Waals surface area contributed by atoms with Gasteiger partial charge in [0, 0.05) is 19.7 Å². The summed E-state index contributed by atoms with van der Waals surface area (Å²) in [5, 5.41) is 3.82. The van der Waals surface area contributed by atoms with Crippen LogP contribution in [0.2, 0.25) is 0 Å². The van der Waals surface area contributed by atoms with Gasteiger partial charge in [-0.1, -0.05) is 35.5 Å². The first-order valence-electron chi connectivity index (χ1n) is 7.96. The molecule has 2 aromatic rings. The minimum Gasteiger partial charge on any atom is -0.377 e. The Hall–Kier alpha value is -1.72. The predicted molar refractivity (Wildman–Crippen MR) is 83.4 cm³/mol. The molecule has 0 spiro atoms. The highest BCUT2D eigenvalue weighted by molar-refractivity contribution is 5.14. The highest BCUT2D eigenvalue weighted by Gasteiger charge is 2.24. The van der Waals surface area contributed by atoms with Crippen LogP contribution in [0, 0.1) is 6.92 Å². The third kappa shape index (κ3) is 4.39. The maximum absolute atomic E-state index is 5.99. The maximum Gasteiger partial charge on any atom is 0.240 e. The van der Waals surface area contributed by atoms with E-state index in [1.54, 1.807) is 0 Å². The van der Waals surface area contributed by atoms with E-state index in [2.05, 4.69) is 45.4 Å². The fourth-order valence-corrected chi connectivity index (χ4v) is 2.84. The minimum absolute atomic E-state index is 0.333. The topological polar surface area (TPSA) is 51.4 Å². The minimum atomic E-state index is 0.333. The first-order valence-corrected chi connectivity index (χ1v) is 7.96. The van der Waals surface area contributed by atoms with Crippen molar-refractivity contribution in [1.82, 2.24) is 15.0 Å². The molecular weight excluding hydrogens is 278 g/mol. The fourth-order valence-electron chi connectivity index (χ4n) is 2.84. The Bertz CT molecular complexity index is 570. The van der Waals surface area contributed by atoms with Gasteiger partial charge in [-0.3, -0.25) is 4.90 Å². The van der Waals surface area contributed by atoms with Crippen molar-refractivity contribution < 1.29 is 9.26 Å². The number of ether oxygens (including phenoxy) is 1. The van der Waals surface area contributed by atoms with Crippen LogP contribution in [0.3, 0.4) is 0 Å². The summed E-state index contributed by atoms with van der Waals surface area (Å²) in [6.45, 7) is 5.38. The molecule has 2 heterocycles. The molecule has 1 aromatic heterocycles. The average molecular weight is 301 g/mol. The molecule has 0 N–H and O–H groups in total. The van der Waals surface area contributed by atoms with Crippen LogP contribution in [0.1, 0.15) is 30.1 Å². The third-order valence-electron chi connectivity index (χ3n) is 3.96. The number of likely N-dealkylation sites (tertiary alicyclic amines) is 1. The van der Waals surface area contributed by atoms with E-state index in [1.165, 1.54) is 5.56 Å². The van der Waals surface area contributed by atoms with E-state index in [1.807, 2.05) is 6.92 Å². The van der Waals surface area contributed by atoms with E-state index in [4.69, 9.17) is 9.26 Å². The molecule has 0 bridgehead atoms. The average Bonchev–Trinajstić information content (AvgIpc) is 3.14. The van der Waals surface area contributed by atoms with Gasteiger partial charge in [0.05, 0.1) is 12.6 Å². The predicted octanol–water partition coefficient (Wildman–Crippen LogP) is 2.60. The summed E-state index contributed by atoms with van der Waals surface area (Å²) in [5.74, 6) is 1.39. The van der Waals surface area contributed by atoms with Crippen LogP contribution in [-0.2, 0) is 17.7 Å². The molecule has 1 saturated heterocycles. The van der Waals surface area contributed by atoms with E-state index in [9.17, 15) is 0 Å². The quantitative estimate of drug-likeness (QED) is 0.736. The normalized spacial score (nSPS) is 18.9. The van der Waals surface area contributed by atoms with E-state index in [-0.39, 0.29) is 0 Å². The van der Waals surface area contributed by atoms with Gasteiger partial charge in [-0.2, -0.15) is 4.98 Å².